The molecule has 1 atom stereocenters. The molecule has 3 nitrogen and oxygen atoms in total. The van der Waals surface area contributed by atoms with E-state index in [1.54, 1.807) is 7.11 Å². The average molecular weight is 267 g/mol. The predicted molar refractivity (Wildman–Crippen MR) is 72.4 cm³/mol. The molecule has 0 aromatic heterocycles. The highest BCUT2D eigenvalue weighted by atomic mass is 19.1. The van der Waals surface area contributed by atoms with Crippen molar-refractivity contribution in [1.29, 1.82) is 0 Å². The Morgan fingerprint density at radius 3 is 2.89 bits per heavy atom. The van der Waals surface area contributed by atoms with Gasteiger partial charge in [0.25, 0.3) is 0 Å². The lowest BCUT2D eigenvalue weighted by molar-refractivity contribution is -0.00112. The fourth-order valence-electron chi connectivity index (χ4n) is 1.91. The van der Waals surface area contributed by atoms with Gasteiger partial charge in [0, 0.05) is 25.3 Å². The normalized spacial score (nSPS) is 16.6. The summed E-state index contributed by atoms with van der Waals surface area (Å²) < 4.78 is 24.2. The Balaban J connectivity index is 1.88. The van der Waals surface area contributed by atoms with Crippen molar-refractivity contribution in [3.63, 3.8) is 0 Å². The Labute approximate surface area is 114 Å². The van der Waals surface area contributed by atoms with E-state index >= 15 is 0 Å². The van der Waals surface area contributed by atoms with E-state index in [9.17, 15) is 4.39 Å². The van der Waals surface area contributed by atoms with Crippen molar-refractivity contribution in [2.45, 2.75) is 45.1 Å². The fraction of sp³-hybridized carbons (Fsp3) is 0.600. The topological polar surface area (TPSA) is 30.5 Å². The molecule has 19 heavy (non-hydrogen) atoms. The molecule has 2 rings (SSSR count). The molecule has 1 aliphatic rings. The van der Waals surface area contributed by atoms with Gasteiger partial charge in [0.05, 0.1) is 19.3 Å². The Kier molecular flexibility index (Phi) is 5.31. The highest BCUT2D eigenvalue weighted by molar-refractivity contribution is 5.24. The summed E-state index contributed by atoms with van der Waals surface area (Å²) in [6.07, 6.45) is 2.48. The van der Waals surface area contributed by atoms with Crippen LogP contribution >= 0.6 is 0 Å². The Bertz CT molecular complexity index is 407. The van der Waals surface area contributed by atoms with Crippen molar-refractivity contribution in [2.24, 2.45) is 0 Å². The number of hydrogen-bond acceptors (Lipinski definition) is 3. The van der Waals surface area contributed by atoms with Crippen LogP contribution in [-0.2, 0) is 22.6 Å². The molecule has 1 fully saturated rings. The number of halogens is 1. The minimum atomic E-state index is -0.209. The molecule has 0 radical (unpaired) electrons. The minimum absolute atomic E-state index is 0.0300. The van der Waals surface area contributed by atoms with Crippen LogP contribution in [0, 0.1) is 5.82 Å². The van der Waals surface area contributed by atoms with E-state index in [2.05, 4.69) is 5.32 Å². The Morgan fingerprint density at radius 2 is 2.21 bits per heavy atom. The molecule has 1 saturated carbocycles. The number of nitrogens with one attached hydrogen (secondary N) is 1. The van der Waals surface area contributed by atoms with Crippen molar-refractivity contribution in [2.75, 3.05) is 13.7 Å². The van der Waals surface area contributed by atoms with Crippen molar-refractivity contribution in [1.82, 2.24) is 5.32 Å². The van der Waals surface area contributed by atoms with Gasteiger partial charge in [-0.25, -0.2) is 4.39 Å². The molecule has 0 bridgehead atoms. The molecular formula is C15H22FNO2. The maximum Gasteiger partial charge on any atom is 0.128 e. The summed E-state index contributed by atoms with van der Waals surface area (Å²) in [7, 11) is 1.63. The van der Waals surface area contributed by atoms with Crippen LogP contribution < -0.4 is 5.32 Å². The first kappa shape index (κ1) is 14.4. The van der Waals surface area contributed by atoms with E-state index in [-0.39, 0.29) is 18.5 Å². The third kappa shape index (κ3) is 4.90. The maximum atomic E-state index is 13.7. The van der Waals surface area contributed by atoms with E-state index in [0.717, 1.165) is 12.1 Å². The molecule has 0 amide bonds. The van der Waals surface area contributed by atoms with E-state index in [4.69, 9.17) is 9.47 Å². The lowest BCUT2D eigenvalue weighted by atomic mass is 10.1. The van der Waals surface area contributed by atoms with Crippen LogP contribution in [0.2, 0.25) is 0 Å². The van der Waals surface area contributed by atoms with E-state index in [0.29, 0.717) is 18.2 Å². The number of rotatable bonds is 8. The molecular weight excluding hydrogens is 245 g/mol. The lowest BCUT2D eigenvalue weighted by Gasteiger charge is -2.13. The Morgan fingerprint density at radius 1 is 1.42 bits per heavy atom. The smallest absolute Gasteiger partial charge is 0.128 e. The zero-order valence-electron chi connectivity index (χ0n) is 11.6. The molecule has 1 N–H and O–H groups in total. The van der Waals surface area contributed by atoms with Gasteiger partial charge in [-0.05, 0) is 37.5 Å². The summed E-state index contributed by atoms with van der Waals surface area (Å²) in [5, 5.41) is 3.42. The van der Waals surface area contributed by atoms with Crippen molar-refractivity contribution < 1.29 is 13.9 Å². The summed E-state index contributed by atoms with van der Waals surface area (Å²) in [6, 6.07) is 5.88. The summed E-state index contributed by atoms with van der Waals surface area (Å²) in [5.41, 5.74) is 1.71. The van der Waals surface area contributed by atoms with E-state index in [1.165, 1.54) is 18.9 Å². The molecule has 0 saturated heterocycles. The van der Waals surface area contributed by atoms with Gasteiger partial charge in [-0.3, -0.25) is 0 Å². The Hall–Kier alpha value is -0.970. The van der Waals surface area contributed by atoms with Crippen LogP contribution in [-0.4, -0.2) is 25.9 Å². The van der Waals surface area contributed by atoms with Crippen LogP contribution in [0.1, 0.15) is 30.9 Å². The van der Waals surface area contributed by atoms with Gasteiger partial charge >= 0.3 is 0 Å². The zero-order valence-corrected chi connectivity index (χ0v) is 11.6. The number of benzene rings is 1. The van der Waals surface area contributed by atoms with Crippen molar-refractivity contribution in [3.05, 3.63) is 35.1 Å². The second kappa shape index (κ2) is 6.98. The van der Waals surface area contributed by atoms with Gasteiger partial charge in [-0.15, -0.1) is 0 Å². The van der Waals surface area contributed by atoms with Crippen molar-refractivity contribution in [3.8, 4) is 0 Å². The maximum absolute atomic E-state index is 13.7. The van der Waals surface area contributed by atoms with Crippen LogP contribution in [0.15, 0.2) is 18.2 Å². The fourth-order valence-corrected chi connectivity index (χ4v) is 1.91. The first-order valence-corrected chi connectivity index (χ1v) is 6.80. The molecule has 0 spiro atoms. The quantitative estimate of drug-likeness (QED) is 0.785. The summed E-state index contributed by atoms with van der Waals surface area (Å²) in [6.45, 7) is 3.52. The SMILES string of the molecule is COCC(C)OCc1cc(CNC2CC2)ccc1F. The van der Waals surface area contributed by atoms with E-state index < -0.39 is 0 Å². The van der Waals surface area contributed by atoms with Gasteiger partial charge in [0.15, 0.2) is 0 Å². The average Bonchev–Trinajstić information content (AvgIpc) is 3.20. The first-order chi connectivity index (χ1) is 9.19. The minimum Gasteiger partial charge on any atom is -0.382 e. The molecule has 0 heterocycles. The second-order valence-electron chi connectivity index (χ2n) is 5.16. The molecule has 0 aliphatic heterocycles. The van der Waals surface area contributed by atoms with Gasteiger partial charge in [-0.1, -0.05) is 6.07 Å². The monoisotopic (exact) mass is 267 g/mol. The number of hydrogen-bond donors (Lipinski definition) is 1. The molecule has 4 heteroatoms. The standard InChI is InChI=1S/C15H22FNO2/c1-11(9-18-2)19-10-13-7-12(3-6-15(13)16)8-17-14-4-5-14/h3,6-7,11,14,17H,4-5,8-10H2,1-2H3. The van der Waals surface area contributed by atoms with Crippen LogP contribution in [0.5, 0.6) is 0 Å². The first-order valence-electron chi connectivity index (χ1n) is 6.80. The van der Waals surface area contributed by atoms with Crippen LogP contribution in [0.4, 0.5) is 4.39 Å². The highest BCUT2D eigenvalue weighted by Gasteiger charge is 2.20. The largest absolute Gasteiger partial charge is 0.382 e. The van der Waals surface area contributed by atoms with Gasteiger partial charge in [0.1, 0.15) is 5.82 Å². The second-order valence-corrected chi connectivity index (χ2v) is 5.16. The van der Waals surface area contributed by atoms with Crippen molar-refractivity contribution >= 4 is 0 Å². The summed E-state index contributed by atoms with van der Waals surface area (Å²) in [4.78, 5) is 0. The van der Waals surface area contributed by atoms with Gasteiger partial charge in [-0.2, -0.15) is 0 Å². The lowest BCUT2D eigenvalue weighted by Crippen LogP contribution is -2.16. The molecule has 1 aromatic carbocycles. The molecule has 1 aliphatic carbocycles. The molecule has 106 valence electrons. The van der Waals surface area contributed by atoms with Crippen LogP contribution in [0.3, 0.4) is 0 Å². The molecule has 1 aromatic rings. The summed E-state index contributed by atoms with van der Waals surface area (Å²) >= 11 is 0. The summed E-state index contributed by atoms with van der Waals surface area (Å²) in [5.74, 6) is -0.209. The van der Waals surface area contributed by atoms with Gasteiger partial charge in [0.2, 0.25) is 0 Å². The van der Waals surface area contributed by atoms with Gasteiger partial charge < -0.3 is 14.8 Å². The van der Waals surface area contributed by atoms with E-state index in [1.807, 2.05) is 19.1 Å². The number of ether oxygens (including phenoxy) is 2. The predicted octanol–water partition coefficient (Wildman–Crippen LogP) is 2.63. The number of methoxy groups -OCH3 is 1. The third-order valence-corrected chi connectivity index (χ3v) is 3.21. The zero-order chi connectivity index (χ0) is 13.7. The van der Waals surface area contributed by atoms with Crippen LogP contribution in [0.25, 0.3) is 0 Å². The highest BCUT2D eigenvalue weighted by Crippen LogP contribution is 2.20. The molecule has 1 unspecified atom stereocenters. The third-order valence-electron chi connectivity index (χ3n) is 3.21.